The zero-order chi connectivity index (χ0) is 12.4. The number of carbonyl (C=O) groups excluding carboxylic acids is 3. The van der Waals surface area contributed by atoms with Crippen LogP contribution in [0.4, 0.5) is 0 Å². The van der Waals surface area contributed by atoms with Crippen molar-refractivity contribution < 1.29 is 23.9 Å². The summed E-state index contributed by atoms with van der Waals surface area (Å²) in [5.74, 6) is -2.53. The molecule has 0 aliphatic carbocycles. The van der Waals surface area contributed by atoms with Crippen LogP contribution in [0.5, 0.6) is 0 Å². The molecule has 0 N–H and O–H groups in total. The number of ether oxygens (including phenoxy) is 2. The van der Waals surface area contributed by atoms with Gasteiger partial charge in [-0.25, -0.2) is 0 Å². The van der Waals surface area contributed by atoms with Crippen molar-refractivity contribution in [1.29, 1.82) is 0 Å². The van der Waals surface area contributed by atoms with Crippen molar-refractivity contribution in [3.8, 4) is 0 Å². The zero-order valence-electron chi connectivity index (χ0n) is 8.89. The van der Waals surface area contributed by atoms with Gasteiger partial charge in [-0.2, -0.15) is 0 Å². The number of hydrogen-bond donors (Lipinski definition) is 0. The topological polar surface area (TPSA) is 69.7 Å². The molecule has 0 bridgehead atoms. The molecule has 1 unspecified atom stereocenters. The molecular formula is C11H14O5. The maximum Gasteiger partial charge on any atom is 0.317 e. The fraction of sp³-hybridized carbons (Fsp3) is 0.364. The maximum absolute atomic E-state index is 11.2. The Labute approximate surface area is 93.7 Å². The fourth-order valence-electron chi connectivity index (χ4n) is 0.825. The van der Waals surface area contributed by atoms with Crippen molar-refractivity contribution in [1.82, 2.24) is 0 Å². The van der Waals surface area contributed by atoms with Crippen molar-refractivity contribution in [3.63, 3.8) is 0 Å². The van der Waals surface area contributed by atoms with Crippen LogP contribution in [-0.2, 0) is 23.9 Å². The first-order valence-electron chi connectivity index (χ1n) is 4.65. The summed E-state index contributed by atoms with van der Waals surface area (Å²) in [6.45, 7) is 6.76. The fourth-order valence-corrected chi connectivity index (χ4v) is 0.825. The standard InChI is InChI=1S/C11H14O5/c1-3-5-15-10(13)7-9(8-12)11(14)16-6-4-2/h3-4,8-9H,1-2,5-7H2. The summed E-state index contributed by atoms with van der Waals surface area (Å²) >= 11 is 0. The molecule has 0 amide bonds. The van der Waals surface area contributed by atoms with E-state index in [1.54, 1.807) is 0 Å². The predicted octanol–water partition coefficient (Wildman–Crippen LogP) is 0.650. The third-order valence-corrected chi connectivity index (χ3v) is 1.56. The predicted molar refractivity (Wildman–Crippen MR) is 56.5 cm³/mol. The largest absolute Gasteiger partial charge is 0.461 e. The van der Waals surface area contributed by atoms with Gasteiger partial charge in [0.1, 0.15) is 25.4 Å². The Bertz CT molecular complexity index is 282. The summed E-state index contributed by atoms with van der Waals surface area (Å²) < 4.78 is 9.27. The van der Waals surface area contributed by atoms with Crippen LogP contribution in [-0.4, -0.2) is 31.4 Å². The zero-order valence-corrected chi connectivity index (χ0v) is 8.89. The molecule has 0 heterocycles. The van der Waals surface area contributed by atoms with E-state index in [9.17, 15) is 14.4 Å². The monoisotopic (exact) mass is 226 g/mol. The van der Waals surface area contributed by atoms with Gasteiger partial charge in [0.05, 0.1) is 6.42 Å². The number of aldehydes is 1. The second-order valence-corrected chi connectivity index (χ2v) is 2.84. The Hall–Kier alpha value is -1.91. The van der Waals surface area contributed by atoms with E-state index in [4.69, 9.17) is 0 Å². The molecule has 0 saturated carbocycles. The number of carbonyl (C=O) groups is 3. The molecule has 0 aromatic heterocycles. The van der Waals surface area contributed by atoms with Crippen LogP contribution in [0.2, 0.25) is 0 Å². The molecule has 0 radical (unpaired) electrons. The van der Waals surface area contributed by atoms with Gasteiger partial charge in [-0.05, 0) is 0 Å². The van der Waals surface area contributed by atoms with Crippen LogP contribution in [0, 0.1) is 5.92 Å². The van der Waals surface area contributed by atoms with Crippen LogP contribution < -0.4 is 0 Å². The van der Waals surface area contributed by atoms with Crippen LogP contribution in [0.3, 0.4) is 0 Å². The van der Waals surface area contributed by atoms with Gasteiger partial charge in [0.15, 0.2) is 0 Å². The highest BCUT2D eigenvalue weighted by molar-refractivity contribution is 5.92. The lowest BCUT2D eigenvalue weighted by molar-refractivity contribution is -0.155. The van der Waals surface area contributed by atoms with Gasteiger partial charge in [-0.3, -0.25) is 9.59 Å². The van der Waals surface area contributed by atoms with Crippen molar-refractivity contribution in [2.24, 2.45) is 5.92 Å². The molecule has 88 valence electrons. The van der Waals surface area contributed by atoms with Gasteiger partial charge in [0.2, 0.25) is 0 Å². The SMILES string of the molecule is C=CCOC(=O)CC(C=O)C(=O)OCC=C. The van der Waals surface area contributed by atoms with Crippen molar-refractivity contribution in [2.75, 3.05) is 13.2 Å². The first-order chi connectivity index (χ1) is 7.65. The Kier molecular flexibility index (Phi) is 7.40. The third kappa shape index (κ3) is 5.74. The molecule has 0 spiro atoms. The summed E-state index contributed by atoms with van der Waals surface area (Å²) in [4.78, 5) is 32.9. The van der Waals surface area contributed by atoms with Crippen LogP contribution in [0.15, 0.2) is 25.3 Å². The molecule has 0 rings (SSSR count). The molecule has 0 aliphatic rings. The van der Waals surface area contributed by atoms with Gasteiger partial charge >= 0.3 is 11.9 Å². The summed E-state index contributed by atoms with van der Waals surface area (Å²) in [5.41, 5.74) is 0. The van der Waals surface area contributed by atoms with E-state index in [2.05, 4.69) is 22.6 Å². The van der Waals surface area contributed by atoms with E-state index in [0.717, 1.165) is 0 Å². The Morgan fingerprint density at radius 3 is 2.19 bits per heavy atom. The average molecular weight is 226 g/mol. The van der Waals surface area contributed by atoms with E-state index in [1.165, 1.54) is 12.2 Å². The van der Waals surface area contributed by atoms with Crippen LogP contribution >= 0.6 is 0 Å². The molecule has 0 aliphatic heterocycles. The van der Waals surface area contributed by atoms with Gasteiger partial charge in [0.25, 0.3) is 0 Å². The minimum Gasteiger partial charge on any atom is -0.461 e. The van der Waals surface area contributed by atoms with Gasteiger partial charge in [0, 0.05) is 0 Å². The lowest BCUT2D eigenvalue weighted by Crippen LogP contribution is -2.23. The third-order valence-electron chi connectivity index (χ3n) is 1.56. The highest BCUT2D eigenvalue weighted by Gasteiger charge is 2.23. The molecule has 0 saturated heterocycles. The summed E-state index contributed by atoms with van der Waals surface area (Å²) in [6, 6.07) is 0. The average Bonchev–Trinajstić information content (AvgIpc) is 2.30. The second-order valence-electron chi connectivity index (χ2n) is 2.84. The molecule has 0 aromatic rings. The molecule has 1 atom stereocenters. The smallest absolute Gasteiger partial charge is 0.317 e. The Morgan fingerprint density at radius 2 is 1.69 bits per heavy atom. The quantitative estimate of drug-likeness (QED) is 0.263. The lowest BCUT2D eigenvalue weighted by Gasteiger charge is -2.08. The van der Waals surface area contributed by atoms with Gasteiger partial charge in [-0.1, -0.05) is 25.3 Å². The highest BCUT2D eigenvalue weighted by Crippen LogP contribution is 2.04. The van der Waals surface area contributed by atoms with Crippen molar-refractivity contribution >= 4 is 18.2 Å². The summed E-state index contributed by atoms with van der Waals surface area (Å²) in [7, 11) is 0. The minimum absolute atomic E-state index is 0.00484. The molecule has 16 heavy (non-hydrogen) atoms. The Morgan fingerprint density at radius 1 is 1.12 bits per heavy atom. The van der Waals surface area contributed by atoms with E-state index in [0.29, 0.717) is 6.29 Å². The lowest BCUT2D eigenvalue weighted by atomic mass is 10.1. The normalized spacial score (nSPS) is 11.0. The second kappa shape index (κ2) is 8.40. The minimum atomic E-state index is -1.13. The molecular weight excluding hydrogens is 212 g/mol. The molecule has 5 heteroatoms. The van der Waals surface area contributed by atoms with E-state index in [1.807, 2.05) is 0 Å². The van der Waals surface area contributed by atoms with Crippen LogP contribution in [0.1, 0.15) is 6.42 Å². The van der Waals surface area contributed by atoms with Crippen molar-refractivity contribution in [3.05, 3.63) is 25.3 Å². The molecule has 0 fully saturated rings. The summed E-state index contributed by atoms with van der Waals surface area (Å²) in [5, 5.41) is 0. The maximum atomic E-state index is 11.2. The van der Waals surface area contributed by atoms with Gasteiger partial charge in [-0.15, -0.1) is 0 Å². The first kappa shape index (κ1) is 14.1. The Balaban J connectivity index is 4.12. The van der Waals surface area contributed by atoms with Crippen molar-refractivity contribution in [2.45, 2.75) is 6.42 Å². The number of rotatable bonds is 8. The first-order valence-corrected chi connectivity index (χ1v) is 4.65. The highest BCUT2D eigenvalue weighted by atomic mass is 16.5. The number of hydrogen-bond acceptors (Lipinski definition) is 5. The van der Waals surface area contributed by atoms with Gasteiger partial charge < -0.3 is 14.3 Å². The van der Waals surface area contributed by atoms with E-state index >= 15 is 0 Å². The molecule has 5 nitrogen and oxygen atoms in total. The van der Waals surface area contributed by atoms with E-state index in [-0.39, 0.29) is 19.6 Å². The molecule has 0 aromatic carbocycles. The van der Waals surface area contributed by atoms with Crippen LogP contribution in [0.25, 0.3) is 0 Å². The number of esters is 2. The summed E-state index contributed by atoms with van der Waals surface area (Å²) in [6.07, 6.45) is 2.80. The van der Waals surface area contributed by atoms with E-state index < -0.39 is 17.9 Å².